The number of hydrogen-bond acceptors (Lipinski definition) is 2. The largest absolute Gasteiger partial charge is 0.478 e. The topological polar surface area (TPSA) is 49.3 Å². The van der Waals surface area contributed by atoms with E-state index in [1.54, 1.807) is 24.3 Å². The highest BCUT2D eigenvalue weighted by Crippen LogP contribution is 2.42. The van der Waals surface area contributed by atoms with Gasteiger partial charge in [0.05, 0.1) is 5.56 Å². The molecule has 0 unspecified atom stereocenters. The molecular weight excluding hydrogens is 310 g/mol. The van der Waals surface area contributed by atoms with E-state index in [9.17, 15) is 4.79 Å². The van der Waals surface area contributed by atoms with Gasteiger partial charge in [-0.2, -0.15) is 0 Å². The Kier molecular flexibility index (Phi) is 4.42. The molecular formula is C22H25NO2. The first-order valence-corrected chi connectivity index (χ1v) is 8.73. The van der Waals surface area contributed by atoms with Crippen LogP contribution < -0.4 is 5.32 Å². The normalized spacial score (nSPS) is 15.5. The Morgan fingerprint density at radius 3 is 2.32 bits per heavy atom. The lowest BCUT2D eigenvalue weighted by molar-refractivity contribution is 0.0697. The summed E-state index contributed by atoms with van der Waals surface area (Å²) in [6.45, 7) is 9.05. The number of carboxylic acids is 1. The molecule has 0 saturated heterocycles. The molecule has 0 saturated carbocycles. The van der Waals surface area contributed by atoms with Crippen molar-refractivity contribution < 1.29 is 9.90 Å². The predicted octanol–water partition coefficient (Wildman–Crippen LogP) is 5.85. The van der Waals surface area contributed by atoms with Gasteiger partial charge in [-0.3, -0.25) is 0 Å². The molecule has 3 nitrogen and oxygen atoms in total. The summed E-state index contributed by atoms with van der Waals surface area (Å²) in [4.78, 5) is 11.0. The molecule has 3 heteroatoms. The van der Waals surface area contributed by atoms with E-state index in [-0.39, 0.29) is 5.41 Å². The van der Waals surface area contributed by atoms with Crippen molar-refractivity contribution in [2.45, 2.75) is 39.5 Å². The molecule has 0 fully saturated rings. The molecule has 130 valence electrons. The minimum atomic E-state index is -0.907. The van der Waals surface area contributed by atoms with Gasteiger partial charge in [-0.25, -0.2) is 4.79 Å². The third kappa shape index (κ3) is 3.46. The molecule has 0 bridgehead atoms. The van der Waals surface area contributed by atoms with Gasteiger partial charge in [0.1, 0.15) is 0 Å². The third-order valence-electron chi connectivity index (χ3n) is 4.93. The molecule has 25 heavy (non-hydrogen) atoms. The van der Waals surface area contributed by atoms with Crippen molar-refractivity contribution in [1.82, 2.24) is 0 Å². The molecule has 1 aliphatic carbocycles. The molecule has 0 heterocycles. The summed E-state index contributed by atoms with van der Waals surface area (Å²) < 4.78 is 0. The van der Waals surface area contributed by atoms with Crippen LogP contribution in [0.15, 0.2) is 48.5 Å². The van der Waals surface area contributed by atoms with Crippen LogP contribution in [0.2, 0.25) is 0 Å². The van der Waals surface area contributed by atoms with Crippen LogP contribution >= 0.6 is 0 Å². The van der Waals surface area contributed by atoms with Gasteiger partial charge >= 0.3 is 5.97 Å². The average Bonchev–Trinajstić information content (AvgIpc) is 2.55. The first kappa shape index (κ1) is 17.3. The zero-order valence-corrected chi connectivity index (χ0v) is 15.3. The van der Waals surface area contributed by atoms with Crippen molar-refractivity contribution in [1.29, 1.82) is 0 Å². The molecule has 2 N–H and O–H groups in total. The number of anilines is 2. The molecule has 2 aromatic rings. The highest BCUT2D eigenvalue weighted by molar-refractivity contribution is 5.88. The standard InChI is InChI=1S/C22H25NO2/c1-14(2)18-11-12-22(3,4)20-13-17(9-10-19(18)20)23-16-7-5-15(6-8-16)21(24)25/h5-11,13-14,23H,12H2,1-4H3,(H,24,25). The summed E-state index contributed by atoms with van der Waals surface area (Å²) in [5.74, 6) is -0.396. The summed E-state index contributed by atoms with van der Waals surface area (Å²) >= 11 is 0. The quantitative estimate of drug-likeness (QED) is 0.737. The number of fused-ring (bicyclic) bond motifs is 1. The van der Waals surface area contributed by atoms with Crippen LogP contribution in [0.5, 0.6) is 0 Å². The number of nitrogens with one attached hydrogen (secondary N) is 1. The maximum absolute atomic E-state index is 11.0. The fourth-order valence-electron chi connectivity index (χ4n) is 3.43. The van der Waals surface area contributed by atoms with Crippen molar-refractivity contribution in [2.75, 3.05) is 5.32 Å². The Labute approximate surface area is 149 Å². The first-order valence-electron chi connectivity index (χ1n) is 8.73. The smallest absolute Gasteiger partial charge is 0.335 e. The molecule has 0 spiro atoms. The van der Waals surface area contributed by atoms with Gasteiger partial charge in [0.25, 0.3) is 0 Å². The average molecular weight is 335 g/mol. The van der Waals surface area contributed by atoms with Crippen molar-refractivity contribution in [3.63, 3.8) is 0 Å². The van der Waals surface area contributed by atoms with E-state index < -0.39 is 5.97 Å². The second kappa shape index (κ2) is 6.40. The van der Waals surface area contributed by atoms with E-state index in [0.29, 0.717) is 11.5 Å². The Morgan fingerprint density at radius 2 is 1.72 bits per heavy atom. The van der Waals surface area contributed by atoms with Gasteiger partial charge in [0, 0.05) is 11.4 Å². The number of rotatable bonds is 4. The van der Waals surface area contributed by atoms with Crippen LogP contribution in [-0.4, -0.2) is 11.1 Å². The van der Waals surface area contributed by atoms with E-state index in [1.807, 2.05) is 0 Å². The summed E-state index contributed by atoms with van der Waals surface area (Å²) in [5, 5.41) is 12.4. The van der Waals surface area contributed by atoms with E-state index in [2.05, 4.69) is 57.3 Å². The fourth-order valence-corrected chi connectivity index (χ4v) is 3.43. The predicted molar refractivity (Wildman–Crippen MR) is 104 cm³/mol. The second-order valence-corrected chi connectivity index (χ2v) is 7.67. The Bertz CT molecular complexity index is 830. The molecule has 2 aromatic carbocycles. The number of carbonyl (C=O) groups is 1. The van der Waals surface area contributed by atoms with Crippen LogP contribution in [0.3, 0.4) is 0 Å². The van der Waals surface area contributed by atoms with E-state index in [4.69, 9.17) is 5.11 Å². The number of allylic oxidation sites excluding steroid dienone is 2. The molecule has 0 aliphatic heterocycles. The van der Waals surface area contributed by atoms with Gasteiger partial charge in [0.2, 0.25) is 0 Å². The molecule has 0 radical (unpaired) electrons. The Balaban J connectivity index is 1.92. The zero-order chi connectivity index (χ0) is 18.2. The molecule has 1 aliphatic rings. The summed E-state index contributed by atoms with van der Waals surface area (Å²) in [5.41, 5.74) is 6.45. The Hall–Kier alpha value is -2.55. The Morgan fingerprint density at radius 1 is 1.08 bits per heavy atom. The number of hydrogen-bond donors (Lipinski definition) is 2. The molecule has 0 atom stereocenters. The second-order valence-electron chi connectivity index (χ2n) is 7.67. The number of carboxylic acid groups (broad SMARTS) is 1. The van der Waals surface area contributed by atoms with Gasteiger partial charge in [-0.05, 0) is 70.9 Å². The summed E-state index contributed by atoms with van der Waals surface area (Å²) in [6, 6.07) is 13.4. The highest BCUT2D eigenvalue weighted by atomic mass is 16.4. The van der Waals surface area contributed by atoms with Crippen LogP contribution in [0.25, 0.3) is 5.57 Å². The maximum Gasteiger partial charge on any atom is 0.335 e. The van der Waals surface area contributed by atoms with Crippen LogP contribution in [0.4, 0.5) is 11.4 Å². The van der Waals surface area contributed by atoms with Gasteiger partial charge in [-0.15, -0.1) is 0 Å². The molecule has 0 amide bonds. The van der Waals surface area contributed by atoms with Crippen molar-refractivity contribution >= 4 is 22.9 Å². The SMILES string of the molecule is CC(C)C1=CCC(C)(C)c2cc(Nc3ccc(C(=O)O)cc3)ccc21. The molecule has 0 aromatic heterocycles. The first-order chi connectivity index (χ1) is 11.8. The minimum Gasteiger partial charge on any atom is -0.478 e. The van der Waals surface area contributed by atoms with Crippen molar-refractivity contribution in [2.24, 2.45) is 5.92 Å². The van der Waals surface area contributed by atoms with E-state index >= 15 is 0 Å². The molecule has 3 rings (SSSR count). The lowest BCUT2D eigenvalue weighted by Crippen LogP contribution is -2.22. The zero-order valence-electron chi connectivity index (χ0n) is 15.3. The lowest BCUT2D eigenvalue weighted by Gasteiger charge is -2.34. The van der Waals surface area contributed by atoms with Crippen molar-refractivity contribution in [3.05, 3.63) is 65.2 Å². The van der Waals surface area contributed by atoms with Crippen LogP contribution in [0, 0.1) is 5.92 Å². The number of aromatic carboxylic acids is 1. The monoisotopic (exact) mass is 335 g/mol. The maximum atomic E-state index is 11.0. The van der Waals surface area contributed by atoms with Gasteiger partial charge in [0.15, 0.2) is 0 Å². The minimum absolute atomic E-state index is 0.110. The highest BCUT2D eigenvalue weighted by Gasteiger charge is 2.29. The van der Waals surface area contributed by atoms with Crippen LogP contribution in [-0.2, 0) is 5.41 Å². The third-order valence-corrected chi connectivity index (χ3v) is 4.93. The number of benzene rings is 2. The van der Waals surface area contributed by atoms with E-state index in [1.165, 1.54) is 16.7 Å². The van der Waals surface area contributed by atoms with E-state index in [0.717, 1.165) is 17.8 Å². The van der Waals surface area contributed by atoms with Crippen molar-refractivity contribution in [3.8, 4) is 0 Å². The summed E-state index contributed by atoms with van der Waals surface area (Å²) in [6.07, 6.45) is 3.43. The van der Waals surface area contributed by atoms with Crippen LogP contribution in [0.1, 0.15) is 55.6 Å². The fraction of sp³-hybridized carbons (Fsp3) is 0.318. The van der Waals surface area contributed by atoms with Gasteiger partial charge in [-0.1, -0.05) is 39.8 Å². The summed E-state index contributed by atoms with van der Waals surface area (Å²) in [7, 11) is 0. The van der Waals surface area contributed by atoms with Gasteiger partial charge < -0.3 is 10.4 Å². The lowest BCUT2D eigenvalue weighted by atomic mass is 9.71.